The maximum Gasteiger partial charge on any atom is 0.439 e. The zero-order valence-corrected chi connectivity index (χ0v) is 16.6. The summed E-state index contributed by atoms with van der Waals surface area (Å²) in [6.07, 6.45) is 1.79. The van der Waals surface area contributed by atoms with Crippen LogP contribution in [0.15, 0.2) is 51.8 Å². The molecule has 1 aliphatic carbocycles. The fourth-order valence-electron chi connectivity index (χ4n) is 3.42. The number of hydrogen-bond donors (Lipinski definition) is 4. The van der Waals surface area contributed by atoms with Crippen LogP contribution in [0.1, 0.15) is 28.9 Å². The van der Waals surface area contributed by atoms with Gasteiger partial charge in [-0.25, -0.2) is 4.79 Å². The van der Waals surface area contributed by atoms with E-state index in [0.29, 0.717) is 28.0 Å². The van der Waals surface area contributed by atoms with Gasteiger partial charge in [0.15, 0.2) is 5.82 Å². The Morgan fingerprint density at radius 2 is 1.94 bits per heavy atom. The predicted octanol–water partition coefficient (Wildman–Crippen LogP) is 2.98. The maximum absolute atomic E-state index is 13.0. The Morgan fingerprint density at radius 1 is 1.09 bits per heavy atom. The normalized spacial score (nSPS) is 13.0. The van der Waals surface area contributed by atoms with Crippen molar-refractivity contribution in [3.05, 3.63) is 64.3 Å². The van der Waals surface area contributed by atoms with Crippen LogP contribution in [-0.2, 0) is 4.79 Å². The number of rotatable bonds is 5. The quantitative estimate of drug-likeness (QED) is 0.383. The number of carbonyl (C=O) groups excluding carboxylic acids is 2. The van der Waals surface area contributed by atoms with E-state index in [0.717, 1.165) is 18.2 Å². The number of carbonyl (C=O) groups is 2. The van der Waals surface area contributed by atoms with Crippen LogP contribution in [0.2, 0.25) is 0 Å². The van der Waals surface area contributed by atoms with E-state index in [-0.39, 0.29) is 23.3 Å². The van der Waals surface area contributed by atoms with Crippen LogP contribution in [0.3, 0.4) is 0 Å². The Balaban J connectivity index is 1.46. The van der Waals surface area contributed by atoms with E-state index in [2.05, 4.69) is 30.3 Å². The van der Waals surface area contributed by atoms with E-state index in [4.69, 9.17) is 0 Å². The van der Waals surface area contributed by atoms with E-state index in [1.54, 1.807) is 24.3 Å². The molecule has 0 unspecified atom stereocenters. The molecular formula is C22H16N6O4. The summed E-state index contributed by atoms with van der Waals surface area (Å²) in [4.78, 5) is 42.0. The van der Waals surface area contributed by atoms with E-state index in [1.165, 1.54) is 12.1 Å². The van der Waals surface area contributed by atoms with Crippen molar-refractivity contribution < 1.29 is 14.1 Å². The second-order valence-electron chi connectivity index (χ2n) is 7.49. The van der Waals surface area contributed by atoms with Crippen molar-refractivity contribution in [3.8, 4) is 17.5 Å². The fraction of sp³-hybridized carbons (Fsp3) is 0.136. The largest absolute Gasteiger partial charge is 0.439 e. The van der Waals surface area contributed by atoms with Gasteiger partial charge in [0.2, 0.25) is 5.91 Å². The summed E-state index contributed by atoms with van der Waals surface area (Å²) in [6.45, 7) is 0. The van der Waals surface area contributed by atoms with Gasteiger partial charge in [0.1, 0.15) is 5.69 Å². The van der Waals surface area contributed by atoms with Crippen molar-refractivity contribution in [3.63, 3.8) is 0 Å². The number of aromatic nitrogens is 3. The standard InChI is InChI=1S/C22H16N6O4/c23-10-11-4-7-15(14(8-11)19-27-22(31)32-28-19)25-21(30)17-9-13-2-1-3-16(18(13)24-17)26-20(29)12-5-6-12/h1-4,7-9,12,24H,5-6H2,(H,25,30)(H,26,29)(H,27,28,31). The highest BCUT2D eigenvalue weighted by Crippen LogP contribution is 2.32. The molecule has 10 heteroatoms. The first-order chi connectivity index (χ1) is 15.5. The number of amides is 2. The first-order valence-corrected chi connectivity index (χ1v) is 9.86. The molecule has 10 nitrogen and oxygen atoms in total. The summed E-state index contributed by atoms with van der Waals surface area (Å²) < 4.78 is 4.55. The molecule has 1 saturated carbocycles. The molecule has 2 amide bonds. The highest BCUT2D eigenvalue weighted by Gasteiger charge is 2.30. The van der Waals surface area contributed by atoms with E-state index >= 15 is 0 Å². The average Bonchev–Trinajstić information content (AvgIpc) is 3.41. The molecular weight excluding hydrogens is 412 g/mol. The number of para-hydroxylation sites is 1. The van der Waals surface area contributed by atoms with Crippen LogP contribution in [0.4, 0.5) is 11.4 Å². The summed E-state index contributed by atoms with van der Waals surface area (Å²) in [5, 5.41) is 19.3. The number of H-pyrrole nitrogens is 2. The molecule has 2 aromatic carbocycles. The smallest absolute Gasteiger partial charge is 0.349 e. The van der Waals surface area contributed by atoms with Gasteiger partial charge in [-0.15, -0.1) is 0 Å². The van der Waals surface area contributed by atoms with Gasteiger partial charge in [-0.05, 0) is 43.2 Å². The lowest BCUT2D eigenvalue weighted by Crippen LogP contribution is -2.14. The van der Waals surface area contributed by atoms with Gasteiger partial charge in [-0.3, -0.25) is 19.1 Å². The lowest BCUT2D eigenvalue weighted by atomic mass is 10.1. The van der Waals surface area contributed by atoms with Crippen LogP contribution in [0.5, 0.6) is 0 Å². The minimum absolute atomic E-state index is 0.0260. The summed E-state index contributed by atoms with van der Waals surface area (Å²) in [7, 11) is 0. The summed E-state index contributed by atoms with van der Waals surface area (Å²) in [6, 6.07) is 13.7. The molecule has 32 heavy (non-hydrogen) atoms. The van der Waals surface area contributed by atoms with Gasteiger partial charge in [-0.2, -0.15) is 5.26 Å². The second kappa shape index (κ2) is 7.55. The molecule has 4 N–H and O–H groups in total. The summed E-state index contributed by atoms with van der Waals surface area (Å²) >= 11 is 0. The molecule has 0 bridgehead atoms. The Morgan fingerprint density at radius 3 is 2.66 bits per heavy atom. The highest BCUT2D eigenvalue weighted by molar-refractivity contribution is 6.10. The van der Waals surface area contributed by atoms with Gasteiger partial charge in [-0.1, -0.05) is 17.3 Å². The molecule has 0 aliphatic heterocycles. The molecule has 2 aromatic heterocycles. The summed E-state index contributed by atoms with van der Waals surface area (Å²) in [5.74, 6) is -1.08. The number of hydrogen-bond acceptors (Lipinski definition) is 6. The lowest BCUT2D eigenvalue weighted by Gasteiger charge is -2.09. The monoisotopic (exact) mass is 428 g/mol. The number of nitriles is 1. The molecule has 158 valence electrons. The third-order valence-corrected chi connectivity index (χ3v) is 5.20. The van der Waals surface area contributed by atoms with Gasteiger partial charge < -0.3 is 15.6 Å². The third-order valence-electron chi connectivity index (χ3n) is 5.20. The number of aromatic amines is 2. The molecule has 0 radical (unpaired) electrons. The van der Waals surface area contributed by atoms with Gasteiger partial charge in [0.25, 0.3) is 5.91 Å². The molecule has 0 saturated heterocycles. The Labute approximate surface area is 180 Å². The van der Waals surface area contributed by atoms with E-state index in [1.807, 2.05) is 12.1 Å². The van der Waals surface area contributed by atoms with Crippen LogP contribution in [-0.4, -0.2) is 26.9 Å². The van der Waals surface area contributed by atoms with Crippen molar-refractivity contribution in [2.24, 2.45) is 5.92 Å². The predicted molar refractivity (Wildman–Crippen MR) is 115 cm³/mol. The minimum Gasteiger partial charge on any atom is -0.349 e. The fourth-order valence-corrected chi connectivity index (χ4v) is 3.42. The first-order valence-electron chi connectivity index (χ1n) is 9.86. The Hall–Kier alpha value is -4.65. The highest BCUT2D eigenvalue weighted by atomic mass is 16.5. The van der Waals surface area contributed by atoms with E-state index in [9.17, 15) is 19.6 Å². The topological polar surface area (TPSA) is 157 Å². The van der Waals surface area contributed by atoms with Gasteiger partial charge in [0.05, 0.1) is 28.5 Å². The van der Waals surface area contributed by atoms with Crippen LogP contribution >= 0.6 is 0 Å². The van der Waals surface area contributed by atoms with Crippen LogP contribution < -0.4 is 16.4 Å². The molecule has 5 rings (SSSR count). The zero-order chi connectivity index (χ0) is 22.2. The lowest BCUT2D eigenvalue weighted by molar-refractivity contribution is -0.117. The van der Waals surface area contributed by atoms with Crippen molar-refractivity contribution in [1.82, 2.24) is 15.1 Å². The molecule has 2 heterocycles. The Bertz CT molecular complexity index is 1470. The van der Waals surface area contributed by atoms with Crippen LogP contribution in [0, 0.1) is 17.2 Å². The van der Waals surface area contributed by atoms with Gasteiger partial charge >= 0.3 is 5.76 Å². The second-order valence-corrected chi connectivity index (χ2v) is 7.49. The van der Waals surface area contributed by atoms with Crippen molar-refractivity contribution in [1.29, 1.82) is 5.26 Å². The van der Waals surface area contributed by atoms with Crippen LogP contribution in [0.25, 0.3) is 22.3 Å². The van der Waals surface area contributed by atoms with Crippen molar-refractivity contribution in [2.75, 3.05) is 10.6 Å². The van der Waals surface area contributed by atoms with Gasteiger partial charge in [0, 0.05) is 16.9 Å². The molecule has 4 aromatic rings. The van der Waals surface area contributed by atoms with Crippen molar-refractivity contribution >= 4 is 34.1 Å². The molecule has 1 fully saturated rings. The zero-order valence-electron chi connectivity index (χ0n) is 16.6. The van der Waals surface area contributed by atoms with E-state index < -0.39 is 11.7 Å². The number of nitrogens with zero attached hydrogens (tertiary/aromatic N) is 2. The average molecular weight is 428 g/mol. The molecule has 0 atom stereocenters. The number of nitrogens with one attached hydrogen (secondary N) is 4. The summed E-state index contributed by atoms with van der Waals surface area (Å²) in [5.41, 5.74) is 2.52. The number of anilines is 2. The maximum atomic E-state index is 13.0. The minimum atomic E-state index is -0.754. The Kier molecular flexibility index (Phi) is 4.56. The third kappa shape index (κ3) is 3.63. The molecule has 0 spiro atoms. The first kappa shape index (κ1) is 19.3. The number of benzene rings is 2. The molecule has 1 aliphatic rings. The number of fused-ring (bicyclic) bond motifs is 1. The SMILES string of the molecule is N#Cc1ccc(NC(=O)c2cc3cccc(NC(=O)C4CC4)c3[nH]2)c(-c2noc(=O)[nH]2)c1. The van der Waals surface area contributed by atoms with Crippen molar-refractivity contribution in [2.45, 2.75) is 12.8 Å².